The molecule has 0 bridgehead atoms. The minimum Gasteiger partial charge on any atom is -0.339 e. The normalized spacial score (nSPS) is 28.0. The number of hydrogen-bond donors (Lipinski definition) is 1. The molecule has 6 heteroatoms. The fraction of sp³-hybridized carbons (Fsp3) is 0.833. The standard InChI is InChI=1S/C12H20N4OS/c1-16-5-6-18-7-9(16)10-14-11(17-15-10)12(8-13)3-2-4-12/h9H,2-8,13H2,1H3. The number of hydrogen-bond acceptors (Lipinski definition) is 6. The van der Waals surface area contributed by atoms with Crippen molar-refractivity contribution in [3.63, 3.8) is 0 Å². The van der Waals surface area contributed by atoms with Gasteiger partial charge in [0.15, 0.2) is 5.82 Å². The highest BCUT2D eigenvalue weighted by atomic mass is 32.2. The number of thioether (sulfide) groups is 1. The van der Waals surface area contributed by atoms with Gasteiger partial charge in [-0.05, 0) is 19.9 Å². The van der Waals surface area contributed by atoms with Crippen LogP contribution in [0.25, 0.3) is 0 Å². The Morgan fingerprint density at radius 2 is 2.39 bits per heavy atom. The van der Waals surface area contributed by atoms with Gasteiger partial charge < -0.3 is 10.3 Å². The van der Waals surface area contributed by atoms with Crippen molar-refractivity contribution in [2.75, 3.05) is 31.6 Å². The Morgan fingerprint density at radius 1 is 1.56 bits per heavy atom. The zero-order valence-corrected chi connectivity index (χ0v) is 11.6. The van der Waals surface area contributed by atoms with Crippen molar-refractivity contribution in [3.05, 3.63) is 11.7 Å². The SMILES string of the molecule is CN1CCSCC1c1noc(C2(CN)CCC2)n1. The number of nitrogens with zero attached hydrogens (tertiary/aromatic N) is 3. The van der Waals surface area contributed by atoms with Crippen molar-refractivity contribution in [2.24, 2.45) is 5.73 Å². The quantitative estimate of drug-likeness (QED) is 0.887. The molecule has 0 radical (unpaired) electrons. The molecule has 1 aliphatic carbocycles. The minimum absolute atomic E-state index is 0.0222. The first-order valence-corrected chi connectivity index (χ1v) is 7.73. The number of aromatic nitrogens is 2. The summed E-state index contributed by atoms with van der Waals surface area (Å²) < 4.78 is 5.49. The molecule has 1 aromatic heterocycles. The molecule has 2 aliphatic rings. The molecule has 0 spiro atoms. The molecule has 5 nitrogen and oxygen atoms in total. The number of nitrogens with two attached hydrogens (primary N) is 1. The van der Waals surface area contributed by atoms with Crippen LogP contribution in [0.3, 0.4) is 0 Å². The molecular weight excluding hydrogens is 248 g/mol. The highest BCUT2D eigenvalue weighted by Gasteiger charge is 2.43. The fourth-order valence-electron chi connectivity index (χ4n) is 2.65. The summed E-state index contributed by atoms with van der Waals surface area (Å²) in [5.74, 6) is 3.82. The average molecular weight is 268 g/mol. The Morgan fingerprint density at radius 3 is 3.00 bits per heavy atom. The first kappa shape index (κ1) is 12.4. The van der Waals surface area contributed by atoms with Crippen LogP contribution >= 0.6 is 11.8 Å². The van der Waals surface area contributed by atoms with Crippen LogP contribution in [0.15, 0.2) is 4.52 Å². The van der Waals surface area contributed by atoms with Crippen molar-refractivity contribution in [3.8, 4) is 0 Å². The van der Waals surface area contributed by atoms with Crippen molar-refractivity contribution >= 4 is 11.8 Å². The van der Waals surface area contributed by atoms with Gasteiger partial charge in [-0.15, -0.1) is 0 Å². The van der Waals surface area contributed by atoms with Gasteiger partial charge in [0, 0.05) is 24.6 Å². The van der Waals surface area contributed by atoms with Crippen molar-refractivity contribution in [2.45, 2.75) is 30.7 Å². The summed E-state index contributed by atoms with van der Waals surface area (Å²) in [6.07, 6.45) is 3.38. The molecule has 3 rings (SSSR count). The molecule has 2 N–H and O–H groups in total. The first-order valence-electron chi connectivity index (χ1n) is 6.57. The number of rotatable bonds is 3. The van der Waals surface area contributed by atoms with Gasteiger partial charge in [-0.1, -0.05) is 11.6 Å². The van der Waals surface area contributed by atoms with E-state index in [0.717, 1.165) is 36.9 Å². The van der Waals surface area contributed by atoms with E-state index in [4.69, 9.17) is 10.3 Å². The Bertz CT molecular complexity index is 412. The predicted molar refractivity (Wildman–Crippen MR) is 71.6 cm³/mol. The van der Waals surface area contributed by atoms with Crippen molar-refractivity contribution in [1.82, 2.24) is 15.0 Å². The summed E-state index contributed by atoms with van der Waals surface area (Å²) in [4.78, 5) is 6.94. The highest BCUT2D eigenvalue weighted by molar-refractivity contribution is 7.99. The highest BCUT2D eigenvalue weighted by Crippen LogP contribution is 2.42. The van der Waals surface area contributed by atoms with E-state index in [1.807, 2.05) is 11.8 Å². The molecule has 0 aromatic carbocycles. The minimum atomic E-state index is -0.0222. The molecule has 2 fully saturated rings. The summed E-state index contributed by atoms with van der Waals surface area (Å²) in [5, 5.41) is 4.19. The van der Waals surface area contributed by atoms with E-state index in [1.165, 1.54) is 12.2 Å². The molecule has 2 heterocycles. The average Bonchev–Trinajstić information content (AvgIpc) is 2.79. The summed E-state index contributed by atoms with van der Waals surface area (Å²) in [5.41, 5.74) is 5.85. The first-order chi connectivity index (χ1) is 8.75. The zero-order chi connectivity index (χ0) is 12.6. The van der Waals surface area contributed by atoms with E-state index in [9.17, 15) is 0 Å². The molecule has 0 amide bonds. The lowest BCUT2D eigenvalue weighted by atomic mass is 9.69. The molecule has 1 saturated carbocycles. The van der Waals surface area contributed by atoms with Gasteiger partial charge in [0.1, 0.15) is 0 Å². The van der Waals surface area contributed by atoms with Crippen molar-refractivity contribution in [1.29, 1.82) is 0 Å². The van der Waals surface area contributed by atoms with E-state index in [1.54, 1.807) is 0 Å². The van der Waals surface area contributed by atoms with E-state index >= 15 is 0 Å². The van der Waals surface area contributed by atoms with Crippen LogP contribution in [-0.4, -0.2) is 46.7 Å². The fourth-order valence-corrected chi connectivity index (χ4v) is 3.86. The Kier molecular flexibility index (Phi) is 3.34. The second-order valence-electron chi connectivity index (χ2n) is 5.37. The Labute approximate surface area is 111 Å². The third-order valence-electron chi connectivity index (χ3n) is 4.29. The summed E-state index contributed by atoms with van der Waals surface area (Å²) in [7, 11) is 2.13. The second-order valence-corrected chi connectivity index (χ2v) is 6.52. The van der Waals surface area contributed by atoms with E-state index in [-0.39, 0.29) is 11.5 Å². The predicted octanol–water partition coefficient (Wildman–Crippen LogP) is 1.17. The van der Waals surface area contributed by atoms with Crippen LogP contribution in [0, 0.1) is 0 Å². The molecule has 1 aromatic rings. The van der Waals surface area contributed by atoms with Gasteiger partial charge in [-0.25, -0.2) is 0 Å². The molecule has 18 heavy (non-hydrogen) atoms. The zero-order valence-electron chi connectivity index (χ0n) is 10.8. The topological polar surface area (TPSA) is 68.2 Å². The maximum absolute atomic E-state index is 5.87. The van der Waals surface area contributed by atoms with E-state index < -0.39 is 0 Å². The van der Waals surface area contributed by atoms with Crippen LogP contribution < -0.4 is 5.73 Å². The lowest BCUT2D eigenvalue weighted by Crippen LogP contribution is -2.42. The van der Waals surface area contributed by atoms with Gasteiger partial charge in [0.05, 0.1) is 11.5 Å². The van der Waals surface area contributed by atoms with E-state index in [2.05, 4.69) is 22.1 Å². The largest absolute Gasteiger partial charge is 0.339 e. The monoisotopic (exact) mass is 268 g/mol. The van der Waals surface area contributed by atoms with Crippen molar-refractivity contribution < 1.29 is 4.52 Å². The van der Waals surface area contributed by atoms with Gasteiger partial charge >= 0.3 is 0 Å². The van der Waals surface area contributed by atoms with Crippen LogP contribution in [0.5, 0.6) is 0 Å². The van der Waals surface area contributed by atoms with Gasteiger partial charge in [0.25, 0.3) is 0 Å². The molecular formula is C12H20N4OS. The second kappa shape index (κ2) is 4.83. The van der Waals surface area contributed by atoms with Crippen LogP contribution in [0.2, 0.25) is 0 Å². The maximum Gasteiger partial charge on any atom is 0.234 e. The molecule has 1 aliphatic heterocycles. The van der Waals surface area contributed by atoms with E-state index in [0.29, 0.717) is 6.54 Å². The lowest BCUT2D eigenvalue weighted by molar-refractivity contribution is 0.181. The summed E-state index contributed by atoms with van der Waals surface area (Å²) in [6, 6.07) is 0.288. The summed E-state index contributed by atoms with van der Waals surface area (Å²) >= 11 is 1.96. The third kappa shape index (κ3) is 1.96. The van der Waals surface area contributed by atoms with Gasteiger partial charge in [0.2, 0.25) is 5.89 Å². The smallest absolute Gasteiger partial charge is 0.234 e. The van der Waals surface area contributed by atoms with Crippen LogP contribution in [0.4, 0.5) is 0 Å². The molecule has 1 unspecified atom stereocenters. The Hall–Kier alpha value is -0.590. The van der Waals surface area contributed by atoms with Gasteiger partial charge in [-0.2, -0.15) is 16.7 Å². The molecule has 1 saturated heterocycles. The maximum atomic E-state index is 5.87. The van der Waals surface area contributed by atoms with Crippen LogP contribution in [-0.2, 0) is 5.41 Å². The van der Waals surface area contributed by atoms with Gasteiger partial charge in [-0.3, -0.25) is 4.90 Å². The van der Waals surface area contributed by atoms with Crippen LogP contribution in [0.1, 0.15) is 37.0 Å². The lowest BCUT2D eigenvalue weighted by Gasteiger charge is -2.37. The third-order valence-corrected chi connectivity index (χ3v) is 5.31. The molecule has 1 atom stereocenters. The Balaban J connectivity index is 1.80. The molecule has 100 valence electrons. The summed E-state index contributed by atoms with van der Waals surface area (Å²) in [6.45, 7) is 1.70.